The van der Waals surface area contributed by atoms with Crippen LogP contribution >= 0.6 is 27.5 Å². The Hall–Kier alpha value is -0.610. The zero-order valence-corrected chi connectivity index (χ0v) is 8.82. The molecule has 1 N–H and O–H groups in total. The van der Waals surface area contributed by atoms with Crippen LogP contribution in [0.25, 0.3) is 0 Å². The molecule has 1 aromatic rings. The van der Waals surface area contributed by atoms with Gasteiger partial charge in [0.15, 0.2) is 0 Å². The van der Waals surface area contributed by atoms with Gasteiger partial charge < -0.3 is 5.32 Å². The third-order valence-electron chi connectivity index (χ3n) is 1.33. The first kappa shape index (κ1) is 10.5. The van der Waals surface area contributed by atoms with Crippen molar-refractivity contribution in [3.63, 3.8) is 0 Å². The van der Waals surface area contributed by atoms with E-state index in [1.54, 1.807) is 6.07 Å². The first-order chi connectivity index (χ1) is 6.13. The molecule has 0 fully saturated rings. The van der Waals surface area contributed by atoms with Crippen molar-refractivity contribution in [3.8, 4) is 0 Å². The van der Waals surface area contributed by atoms with Gasteiger partial charge in [0.2, 0.25) is 5.91 Å². The van der Waals surface area contributed by atoms with E-state index in [0.29, 0.717) is 4.47 Å². The summed E-state index contributed by atoms with van der Waals surface area (Å²) in [6.45, 7) is 0. The van der Waals surface area contributed by atoms with Crippen molar-refractivity contribution < 1.29 is 9.18 Å². The Labute approximate surface area is 88.2 Å². The van der Waals surface area contributed by atoms with Gasteiger partial charge in [-0.05, 0) is 18.2 Å². The van der Waals surface area contributed by atoms with Gasteiger partial charge in [-0.1, -0.05) is 15.9 Å². The van der Waals surface area contributed by atoms with Crippen LogP contribution in [-0.2, 0) is 4.79 Å². The molecule has 2 nitrogen and oxygen atoms in total. The van der Waals surface area contributed by atoms with E-state index >= 15 is 0 Å². The molecule has 0 radical (unpaired) electrons. The lowest BCUT2D eigenvalue weighted by Gasteiger charge is -2.03. The number of carbonyl (C=O) groups is 1. The molecule has 1 amide bonds. The maximum Gasteiger partial charge on any atom is 0.239 e. The van der Waals surface area contributed by atoms with E-state index in [9.17, 15) is 9.18 Å². The van der Waals surface area contributed by atoms with Crippen LogP contribution in [0.4, 0.5) is 10.1 Å². The molecule has 0 aliphatic heterocycles. The van der Waals surface area contributed by atoms with Crippen molar-refractivity contribution in [2.24, 2.45) is 0 Å². The highest BCUT2D eigenvalue weighted by molar-refractivity contribution is 9.10. The van der Waals surface area contributed by atoms with Gasteiger partial charge in [0.05, 0.1) is 5.69 Å². The van der Waals surface area contributed by atoms with E-state index in [1.807, 2.05) is 0 Å². The van der Waals surface area contributed by atoms with E-state index in [1.165, 1.54) is 12.1 Å². The fourth-order valence-corrected chi connectivity index (χ4v) is 1.17. The molecule has 1 aromatic carbocycles. The monoisotopic (exact) mass is 265 g/mol. The number of nitrogens with one attached hydrogen (secondary N) is 1. The predicted molar refractivity (Wildman–Crippen MR) is 53.4 cm³/mol. The third-order valence-corrected chi connectivity index (χ3v) is 2.06. The molecule has 0 saturated carbocycles. The fraction of sp³-hybridized carbons (Fsp3) is 0.125. The average Bonchev–Trinajstić information content (AvgIpc) is 2.09. The molecule has 0 saturated heterocycles. The lowest BCUT2D eigenvalue weighted by Crippen LogP contribution is -2.13. The standard InChI is InChI=1S/C8H6BrClFNO/c9-5-1-2-7(6(11)3-5)12-8(13)4-10/h1-3H,4H2,(H,12,13). The van der Waals surface area contributed by atoms with Gasteiger partial charge in [-0.3, -0.25) is 4.79 Å². The molecule has 70 valence electrons. The number of rotatable bonds is 2. The number of halogens is 3. The minimum Gasteiger partial charge on any atom is -0.323 e. The lowest BCUT2D eigenvalue weighted by atomic mass is 10.3. The Morgan fingerprint density at radius 2 is 2.31 bits per heavy atom. The third kappa shape index (κ3) is 2.97. The summed E-state index contributed by atoms with van der Waals surface area (Å²) in [5, 5.41) is 2.32. The summed E-state index contributed by atoms with van der Waals surface area (Å²) in [5.41, 5.74) is 0.133. The maximum atomic E-state index is 13.1. The van der Waals surface area contributed by atoms with Gasteiger partial charge in [-0.2, -0.15) is 0 Å². The predicted octanol–water partition coefficient (Wildman–Crippen LogP) is 2.77. The second-order valence-electron chi connectivity index (χ2n) is 2.31. The summed E-state index contributed by atoms with van der Waals surface area (Å²) in [6, 6.07) is 4.36. The largest absolute Gasteiger partial charge is 0.323 e. The minimum absolute atomic E-state index is 0.133. The van der Waals surface area contributed by atoms with Gasteiger partial charge in [-0.15, -0.1) is 11.6 Å². The molecule has 0 spiro atoms. The van der Waals surface area contributed by atoms with E-state index < -0.39 is 11.7 Å². The molecule has 0 aliphatic carbocycles. The Morgan fingerprint density at radius 1 is 1.62 bits per heavy atom. The van der Waals surface area contributed by atoms with Crippen molar-refractivity contribution in [2.75, 3.05) is 11.2 Å². The van der Waals surface area contributed by atoms with Crippen LogP contribution in [0.15, 0.2) is 22.7 Å². The SMILES string of the molecule is O=C(CCl)Nc1ccc(Br)cc1F. The molecular formula is C8H6BrClFNO. The Kier molecular flexibility index (Phi) is 3.69. The van der Waals surface area contributed by atoms with Crippen molar-refractivity contribution in [2.45, 2.75) is 0 Å². The molecule has 0 atom stereocenters. The molecule has 1 rings (SSSR count). The summed E-state index contributed by atoms with van der Waals surface area (Å²) < 4.78 is 13.7. The van der Waals surface area contributed by atoms with Crippen molar-refractivity contribution in [3.05, 3.63) is 28.5 Å². The molecule has 0 aromatic heterocycles. The highest BCUT2D eigenvalue weighted by Crippen LogP contribution is 2.19. The maximum absolute atomic E-state index is 13.1. The Morgan fingerprint density at radius 3 is 2.85 bits per heavy atom. The van der Waals surface area contributed by atoms with Crippen LogP contribution in [0.2, 0.25) is 0 Å². The van der Waals surface area contributed by atoms with Gasteiger partial charge in [0.1, 0.15) is 11.7 Å². The number of benzene rings is 1. The number of alkyl halides is 1. The molecule has 0 heterocycles. The van der Waals surface area contributed by atoms with E-state index in [0.717, 1.165) is 0 Å². The topological polar surface area (TPSA) is 29.1 Å². The highest BCUT2D eigenvalue weighted by atomic mass is 79.9. The fourth-order valence-electron chi connectivity index (χ4n) is 0.774. The number of hydrogen-bond acceptors (Lipinski definition) is 1. The summed E-state index contributed by atoms with van der Waals surface area (Å²) in [6.07, 6.45) is 0. The smallest absolute Gasteiger partial charge is 0.239 e. The van der Waals surface area contributed by atoms with Gasteiger partial charge >= 0.3 is 0 Å². The van der Waals surface area contributed by atoms with E-state index in [-0.39, 0.29) is 11.6 Å². The van der Waals surface area contributed by atoms with Crippen molar-refractivity contribution in [1.82, 2.24) is 0 Å². The summed E-state index contributed by atoms with van der Waals surface area (Å²) in [4.78, 5) is 10.8. The Bertz CT molecular complexity index is 332. The molecule has 0 bridgehead atoms. The molecule has 13 heavy (non-hydrogen) atoms. The van der Waals surface area contributed by atoms with Crippen LogP contribution in [0.3, 0.4) is 0 Å². The molecule has 5 heteroatoms. The normalized spacial score (nSPS) is 9.77. The Balaban J connectivity index is 2.83. The quantitative estimate of drug-likeness (QED) is 0.820. The highest BCUT2D eigenvalue weighted by Gasteiger charge is 2.05. The van der Waals surface area contributed by atoms with Crippen LogP contribution < -0.4 is 5.32 Å². The first-order valence-corrected chi connectivity index (χ1v) is 4.77. The average molecular weight is 266 g/mol. The molecular weight excluding hydrogens is 260 g/mol. The van der Waals surface area contributed by atoms with Crippen molar-refractivity contribution in [1.29, 1.82) is 0 Å². The summed E-state index contributed by atoms with van der Waals surface area (Å²) in [7, 11) is 0. The molecule has 0 aliphatic rings. The van der Waals surface area contributed by atoms with Crippen LogP contribution in [0.1, 0.15) is 0 Å². The zero-order valence-electron chi connectivity index (χ0n) is 6.48. The van der Waals surface area contributed by atoms with Crippen LogP contribution in [0.5, 0.6) is 0 Å². The lowest BCUT2D eigenvalue weighted by molar-refractivity contribution is -0.113. The first-order valence-electron chi connectivity index (χ1n) is 3.44. The van der Waals surface area contributed by atoms with Gasteiger partial charge in [0.25, 0.3) is 0 Å². The molecule has 0 unspecified atom stereocenters. The van der Waals surface area contributed by atoms with E-state index in [4.69, 9.17) is 11.6 Å². The number of carbonyl (C=O) groups excluding carboxylic acids is 1. The minimum atomic E-state index is -0.493. The second kappa shape index (κ2) is 4.58. The van der Waals surface area contributed by atoms with E-state index in [2.05, 4.69) is 21.2 Å². The van der Waals surface area contributed by atoms with Crippen LogP contribution in [0, 0.1) is 5.82 Å². The summed E-state index contributed by atoms with van der Waals surface area (Å²) >= 11 is 8.34. The summed E-state index contributed by atoms with van der Waals surface area (Å²) in [5.74, 6) is -1.11. The zero-order chi connectivity index (χ0) is 9.84. The number of hydrogen-bond donors (Lipinski definition) is 1. The number of anilines is 1. The van der Waals surface area contributed by atoms with Crippen molar-refractivity contribution >= 4 is 39.1 Å². The van der Waals surface area contributed by atoms with Gasteiger partial charge in [0, 0.05) is 4.47 Å². The van der Waals surface area contributed by atoms with Crippen LogP contribution in [-0.4, -0.2) is 11.8 Å². The second-order valence-corrected chi connectivity index (χ2v) is 3.49. The number of amides is 1. The van der Waals surface area contributed by atoms with Gasteiger partial charge in [-0.25, -0.2) is 4.39 Å².